The summed E-state index contributed by atoms with van der Waals surface area (Å²) in [7, 11) is 0. The van der Waals surface area contributed by atoms with Crippen molar-refractivity contribution in [2.75, 3.05) is 5.32 Å². The Labute approximate surface area is 114 Å². The van der Waals surface area contributed by atoms with Crippen molar-refractivity contribution in [3.8, 4) is 0 Å². The highest BCUT2D eigenvalue weighted by molar-refractivity contribution is 5.89. The van der Waals surface area contributed by atoms with Crippen molar-refractivity contribution in [3.05, 3.63) is 36.3 Å². The number of nitrogens with one attached hydrogen (secondary N) is 1. The van der Waals surface area contributed by atoms with Crippen molar-refractivity contribution in [2.24, 2.45) is 0 Å². The molecule has 0 aliphatic heterocycles. The molecule has 0 radical (unpaired) electrons. The van der Waals surface area contributed by atoms with Crippen LogP contribution in [0.3, 0.4) is 0 Å². The van der Waals surface area contributed by atoms with E-state index in [4.69, 9.17) is 5.11 Å². The van der Waals surface area contributed by atoms with Crippen LogP contribution in [0.5, 0.6) is 0 Å². The van der Waals surface area contributed by atoms with Crippen LogP contribution in [0.15, 0.2) is 30.6 Å². The first-order valence-corrected chi connectivity index (χ1v) is 5.95. The number of aliphatic carboxylic acids is 1. The predicted octanol–water partition coefficient (Wildman–Crippen LogP) is 0.329. The Morgan fingerprint density at radius 3 is 2.90 bits per heavy atom. The average Bonchev–Trinajstić information content (AvgIpc) is 2.84. The minimum absolute atomic E-state index is 0.224. The fourth-order valence-corrected chi connectivity index (χ4v) is 1.56. The Kier molecular flexibility index (Phi) is 4.38. The third-order valence-corrected chi connectivity index (χ3v) is 2.44. The van der Waals surface area contributed by atoms with E-state index in [1.54, 1.807) is 6.20 Å². The monoisotopic (exact) mass is 275 g/mol. The lowest BCUT2D eigenvalue weighted by atomic mass is 10.2. The van der Waals surface area contributed by atoms with Gasteiger partial charge in [-0.1, -0.05) is 11.3 Å². The normalized spacial score (nSPS) is 10.2. The molecule has 2 N–H and O–H groups in total. The summed E-state index contributed by atoms with van der Waals surface area (Å²) in [4.78, 5) is 26.3. The Morgan fingerprint density at radius 1 is 1.35 bits per heavy atom. The van der Waals surface area contributed by atoms with Gasteiger partial charge >= 0.3 is 5.97 Å². The van der Waals surface area contributed by atoms with Gasteiger partial charge in [-0.2, -0.15) is 0 Å². The lowest BCUT2D eigenvalue weighted by molar-refractivity contribution is -0.137. The van der Waals surface area contributed by atoms with Gasteiger partial charge in [-0.25, -0.2) is 4.68 Å². The minimum atomic E-state index is -1.03. The van der Waals surface area contributed by atoms with E-state index in [-0.39, 0.29) is 24.7 Å². The lowest BCUT2D eigenvalue weighted by Crippen LogP contribution is -2.13. The van der Waals surface area contributed by atoms with E-state index in [1.165, 1.54) is 6.20 Å². The zero-order valence-electron chi connectivity index (χ0n) is 10.6. The third kappa shape index (κ3) is 4.16. The number of hydrogen-bond acceptors (Lipinski definition) is 5. The van der Waals surface area contributed by atoms with Crippen molar-refractivity contribution in [1.82, 2.24) is 20.0 Å². The molecule has 0 aromatic carbocycles. The molecule has 2 rings (SSSR count). The minimum Gasteiger partial charge on any atom is -0.480 e. The molecule has 2 aromatic rings. The summed E-state index contributed by atoms with van der Waals surface area (Å²) in [5, 5.41) is 18.4. The molecule has 0 fully saturated rings. The van der Waals surface area contributed by atoms with Crippen molar-refractivity contribution in [3.63, 3.8) is 0 Å². The summed E-state index contributed by atoms with van der Waals surface area (Å²) in [6.45, 7) is -0.295. The van der Waals surface area contributed by atoms with Gasteiger partial charge in [0.25, 0.3) is 0 Å². The fraction of sp³-hybridized carbons (Fsp3) is 0.250. The molecular formula is C12H13N5O3. The maximum Gasteiger partial charge on any atom is 0.325 e. The summed E-state index contributed by atoms with van der Waals surface area (Å²) in [6.07, 6.45) is 3.83. The van der Waals surface area contributed by atoms with Gasteiger partial charge < -0.3 is 10.4 Å². The molecule has 0 atom stereocenters. The van der Waals surface area contributed by atoms with Crippen LogP contribution in [0.2, 0.25) is 0 Å². The standard InChI is InChI=1S/C12H13N5O3/c18-11(5-4-9-3-1-2-6-13-9)14-10-7-17(16-15-10)8-12(19)20/h1-3,6-7H,4-5,8H2,(H,14,18)(H,19,20). The molecule has 1 amide bonds. The number of hydrogen-bond donors (Lipinski definition) is 2. The number of aryl methyl sites for hydroxylation is 1. The maximum atomic E-state index is 11.7. The number of rotatable bonds is 6. The van der Waals surface area contributed by atoms with Crippen LogP contribution in [-0.4, -0.2) is 37.0 Å². The van der Waals surface area contributed by atoms with Gasteiger partial charge in [0.05, 0.1) is 6.20 Å². The largest absolute Gasteiger partial charge is 0.480 e. The molecule has 0 unspecified atom stereocenters. The van der Waals surface area contributed by atoms with E-state index >= 15 is 0 Å². The smallest absolute Gasteiger partial charge is 0.325 e. The van der Waals surface area contributed by atoms with Crippen LogP contribution < -0.4 is 5.32 Å². The summed E-state index contributed by atoms with van der Waals surface area (Å²) in [5.74, 6) is -1.02. The SMILES string of the molecule is O=C(O)Cn1cc(NC(=O)CCc2ccccn2)nn1. The molecule has 0 bridgehead atoms. The van der Waals surface area contributed by atoms with Crippen molar-refractivity contribution in [2.45, 2.75) is 19.4 Å². The first-order chi connectivity index (χ1) is 9.63. The topological polar surface area (TPSA) is 110 Å². The Bertz CT molecular complexity index is 596. The zero-order chi connectivity index (χ0) is 14.4. The van der Waals surface area contributed by atoms with E-state index < -0.39 is 5.97 Å². The van der Waals surface area contributed by atoms with Gasteiger partial charge in [0.2, 0.25) is 5.91 Å². The number of pyridine rings is 1. The van der Waals surface area contributed by atoms with E-state index in [1.807, 2.05) is 18.2 Å². The number of amides is 1. The predicted molar refractivity (Wildman–Crippen MR) is 68.8 cm³/mol. The first-order valence-electron chi connectivity index (χ1n) is 5.95. The van der Waals surface area contributed by atoms with E-state index in [2.05, 4.69) is 20.6 Å². The molecule has 0 saturated heterocycles. The zero-order valence-corrected chi connectivity index (χ0v) is 10.6. The number of nitrogens with zero attached hydrogens (tertiary/aromatic N) is 4. The van der Waals surface area contributed by atoms with E-state index in [0.29, 0.717) is 6.42 Å². The molecule has 0 saturated carbocycles. The third-order valence-electron chi connectivity index (χ3n) is 2.44. The molecular weight excluding hydrogens is 262 g/mol. The average molecular weight is 275 g/mol. The highest BCUT2D eigenvalue weighted by Gasteiger charge is 2.08. The summed E-state index contributed by atoms with van der Waals surface area (Å²) in [5.41, 5.74) is 0.831. The Morgan fingerprint density at radius 2 is 2.20 bits per heavy atom. The number of anilines is 1. The van der Waals surface area contributed by atoms with Crippen molar-refractivity contribution >= 4 is 17.7 Å². The van der Waals surface area contributed by atoms with Crippen molar-refractivity contribution in [1.29, 1.82) is 0 Å². The molecule has 0 aliphatic rings. The van der Waals surface area contributed by atoms with Gasteiger partial charge in [0, 0.05) is 18.3 Å². The second-order valence-electron chi connectivity index (χ2n) is 4.06. The number of aromatic nitrogens is 4. The number of carbonyl (C=O) groups excluding carboxylic acids is 1. The van der Waals surface area contributed by atoms with Gasteiger partial charge in [0.15, 0.2) is 5.82 Å². The molecule has 20 heavy (non-hydrogen) atoms. The van der Waals surface area contributed by atoms with Crippen LogP contribution in [0, 0.1) is 0 Å². The highest BCUT2D eigenvalue weighted by Crippen LogP contribution is 2.03. The Balaban J connectivity index is 1.82. The summed E-state index contributed by atoms with van der Waals surface area (Å²) >= 11 is 0. The quantitative estimate of drug-likeness (QED) is 0.786. The molecule has 0 aliphatic carbocycles. The first kappa shape index (κ1) is 13.7. The molecule has 104 valence electrons. The van der Waals surface area contributed by atoms with Crippen LogP contribution in [0.1, 0.15) is 12.1 Å². The second-order valence-corrected chi connectivity index (χ2v) is 4.06. The number of carbonyl (C=O) groups is 2. The fourth-order valence-electron chi connectivity index (χ4n) is 1.56. The molecule has 2 aromatic heterocycles. The van der Waals surface area contributed by atoms with Gasteiger partial charge in [-0.05, 0) is 18.6 Å². The molecule has 8 heteroatoms. The summed E-state index contributed by atoms with van der Waals surface area (Å²) < 4.78 is 1.14. The van der Waals surface area contributed by atoms with Crippen LogP contribution >= 0.6 is 0 Å². The molecule has 8 nitrogen and oxygen atoms in total. The van der Waals surface area contributed by atoms with Gasteiger partial charge in [-0.3, -0.25) is 14.6 Å². The van der Waals surface area contributed by atoms with Crippen LogP contribution in [0.4, 0.5) is 5.82 Å². The van der Waals surface area contributed by atoms with E-state index in [9.17, 15) is 9.59 Å². The van der Waals surface area contributed by atoms with Gasteiger partial charge in [0.1, 0.15) is 6.54 Å². The van der Waals surface area contributed by atoms with Crippen LogP contribution in [-0.2, 0) is 22.6 Å². The number of carboxylic acid groups (broad SMARTS) is 1. The maximum absolute atomic E-state index is 11.7. The van der Waals surface area contributed by atoms with Crippen LogP contribution in [0.25, 0.3) is 0 Å². The number of carboxylic acids is 1. The summed E-state index contributed by atoms with van der Waals surface area (Å²) in [6, 6.07) is 5.51. The lowest BCUT2D eigenvalue weighted by Gasteiger charge is -2.01. The van der Waals surface area contributed by atoms with E-state index in [0.717, 1.165) is 10.4 Å². The highest BCUT2D eigenvalue weighted by atomic mass is 16.4. The molecule has 0 spiro atoms. The second kappa shape index (κ2) is 6.41. The molecule has 2 heterocycles. The Hall–Kier alpha value is -2.77. The van der Waals surface area contributed by atoms with Crippen molar-refractivity contribution < 1.29 is 14.7 Å². The van der Waals surface area contributed by atoms with Gasteiger partial charge in [-0.15, -0.1) is 5.10 Å².